The molecular formula is C11H22F2N2. The summed E-state index contributed by atoms with van der Waals surface area (Å²) in [6, 6.07) is -0.596. The summed E-state index contributed by atoms with van der Waals surface area (Å²) in [4.78, 5) is 3.53. The second kappa shape index (κ2) is 4.74. The van der Waals surface area contributed by atoms with Gasteiger partial charge in [0.25, 0.3) is 5.92 Å². The normalized spacial score (nSPS) is 27.6. The Morgan fingerprint density at radius 1 is 1.40 bits per heavy atom. The van der Waals surface area contributed by atoms with E-state index in [1.807, 2.05) is 4.90 Å². The van der Waals surface area contributed by atoms with Crippen LogP contribution >= 0.6 is 0 Å². The van der Waals surface area contributed by atoms with Gasteiger partial charge in [-0.3, -0.25) is 4.90 Å². The predicted octanol–water partition coefficient (Wildman–Crippen LogP) is 1.91. The Hall–Kier alpha value is -0.220. The van der Waals surface area contributed by atoms with Crippen LogP contribution in [-0.4, -0.2) is 55.5 Å². The van der Waals surface area contributed by atoms with Crippen LogP contribution in [0.2, 0.25) is 0 Å². The molecular weight excluding hydrogens is 198 g/mol. The van der Waals surface area contributed by atoms with Crippen molar-refractivity contribution in [3.63, 3.8) is 0 Å². The number of piperidine rings is 1. The average Bonchev–Trinajstić information content (AvgIpc) is 1.99. The molecule has 1 heterocycles. The van der Waals surface area contributed by atoms with E-state index in [1.54, 1.807) is 19.0 Å². The van der Waals surface area contributed by atoms with E-state index in [2.05, 4.69) is 13.8 Å². The number of hydrogen-bond donors (Lipinski definition) is 0. The smallest absolute Gasteiger partial charge is 0.275 e. The van der Waals surface area contributed by atoms with Crippen molar-refractivity contribution in [2.45, 2.75) is 32.2 Å². The number of rotatable bonds is 3. The van der Waals surface area contributed by atoms with Gasteiger partial charge in [0.2, 0.25) is 0 Å². The topological polar surface area (TPSA) is 6.48 Å². The molecule has 0 bridgehead atoms. The number of likely N-dealkylation sites (tertiary alicyclic amines) is 1. The van der Waals surface area contributed by atoms with E-state index in [9.17, 15) is 8.78 Å². The van der Waals surface area contributed by atoms with E-state index in [0.29, 0.717) is 12.3 Å². The zero-order valence-electron chi connectivity index (χ0n) is 10.1. The third kappa shape index (κ3) is 3.38. The zero-order valence-corrected chi connectivity index (χ0v) is 10.1. The molecule has 1 saturated heterocycles. The molecule has 0 saturated carbocycles. The van der Waals surface area contributed by atoms with Crippen LogP contribution in [0.4, 0.5) is 8.78 Å². The van der Waals surface area contributed by atoms with E-state index in [4.69, 9.17) is 0 Å². The van der Waals surface area contributed by atoms with Gasteiger partial charge in [-0.1, -0.05) is 13.8 Å². The summed E-state index contributed by atoms with van der Waals surface area (Å²) in [6.07, 6.45) is 0.562. The SMILES string of the molecule is CC(C)CN1CCC(N(C)C)C(F)(F)C1. The van der Waals surface area contributed by atoms with Crippen molar-refractivity contribution >= 4 is 0 Å². The predicted molar refractivity (Wildman–Crippen MR) is 58.3 cm³/mol. The molecule has 1 aliphatic rings. The molecule has 1 aliphatic heterocycles. The molecule has 1 unspecified atom stereocenters. The summed E-state index contributed by atoms with van der Waals surface area (Å²) in [5.74, 6) is -2.12. The summed E-state index contributed by atoms with van der Waals surface area (Å²) >= 11 is 0. The lowest BCUT2D eigenvalue weighted by atomic mass is 9.99. The van der Waals surface area contributed by atoms with Crippen molar-refractivity contribution in [3.05, 3.63) is 0 Å². The van der Waals surface area contributed by atoms with Gasteiger partial charge in [0.05, 0.1) is 12.6 Å². The minimum atomic E-state index is -2.57. The maximum absolute atomic E-state index is 13.7. The van der Waals surface area contributed by atoms with Gasteiger partial charge < -0.3 is 4.90 Å². The van der Waals surface area contributed by atoms with E-state index in [1.165, 1.54) is 0 Å². The van der Waals surface area contributed by atoms with Gasteiger partial charge in [0.1, 0.15) is 0 Å². The van der Waals surface area contributed by atoms with Crippen LogP contribution in [0.3, 0.4) is 0 Å². The fourth-order valence-corrected chi connectivity index (χ4v) is 2.31. The number of halogens is 2. The molecule has 0 aromatic rings. The van der Waals surface area contributed by atoms with Gasteiger partial charge in [-0.15, -0.1) is 0 Å². The number of alkyl halides is 2. The fourth-order valence-electron chi connectivity index (χ4n) is 2.31. The highest BCUT2D eigenvalue weighted by molar-refractivity contribution is 4.91. The van der Waals surface area contributed by atoms with Crippen molar-refractivity contribution in [1.29, 1.82) is 0 Å². The van der Waals surface area contributed by atoms with E-state index in [0.717, 1.165) is 13.1 Å². The molecule has 0 aliphatic carbocycles. The summed E-state index contributed by atoms with van der Waals surface area (Å²) in [5, 5.41) is 0. The van der Waals surface area contributed by atoms with Crippen molar-refractivity contribution < 1.29 is 8.78 Å². The van der Waals surface area contributed by atoms with E-state index >= 15 is 0 Å². The summed E-state index contributed by atoms with van der Waals surface area (Å²) in [5.41, 5.74) is 0. The second-order valence-corrected chi connectivity index (χ2v) is 5.16. The molecule has 1 fully saturated rings. The molecule has 0 radical (unpaired) electrons. The first-order chi connectivity index (χ1) is 6.83. The van der Waals surface area contributed by atoms with Crippen LogP contribution in [-0.2, 0) is 0 Å². The Bertz CT molecular complexity index is 205. The Labute approximate surface area is 91.2 Å². The molecule has 1 atom stereocenters. The van der Waals surface area contributed by atoms with Crippen LogP contribution in [0, 0.1) is 5.92 Å². The van der Waals surface area contributed by atoms with Crippen molar-refractivity contribution in [3.8, 4) is 0 Å². The van der Waals surface area contributed by atoms with Gasteiger partial charge in [0, 0.05) is 13.1 Å². The lowest BCUT2D eigenvalue weighted by Gasteiger charge is -2.41. The zero-order chi connectivity index (χ0) is 11.6. The molecule has 2 nitrogen and oxygen atoms in total. The lowest BCUT2D eigenvalue weighted by Crippen LogP contribution is -2.57. The first kappa shape index (κ1) is 12.8. The largest absolute Gasteiger partial charge is 0.301 e. The Morgan fingerprint density at radius 3 is 2.40 bits per heavy atom. The summed E-state index contributed by atoms with van der Waals surface area (Å²) in [6.45, 7) is 5.60. The van der Waals surface area contributed by atoms with Crippen molar-refractivity contribution in [2.24, 2.45) is 5.92 Å². The quantitative estimate of drug-likeness (QED) is 0.717. The van der Waals surface area contributed by atoms with Crippen molar-refractivity contribution in [1.82, 2.24) is 9.80 Å². The highest BCUT2D eigenvalue weighted by Crippen LogP contribution is 2.30. The lowest BCUT2D eigenvalue weighted by molar-refractivity contribution is -0.118. The summed E-state index contributed by atoms with van der Waals surface area (Å²) < 4.78 is 27.5. The Kier molecular flexibility index (Phi) is 4.06. The molecule has 1 rings (SSSR count). The van der Waals surface area contributed by atoms with Crippen LogP contribution in [0.15, 0.2) is 0 Å². The fraction of sp³-hybridized carbons (Fsp3) is 1.00. The molecule has 0 aromatic carbocycles. The maximum atomic E-state index is 13.7. The highest BCUT2D eigenvalue weighted by atomic mass is 19.3. The Balaban J connectivity index is 2.56. The van der Waals surface area contributed by atoms with Gasteiger partial charge in [0.15, 0.2) is 0 Å². The minimum absolute atomic E-state index is 0.0893. The third-order valence-electron chi connectivity index (χ3n) is 2.89. The number of hydrogen-bond acceptors (Lipinski definition) is 2. The molecule has 90 valence electrons. The summed E-state index contributed by atoms with van der Waals surface area (Å²) in [7, 11) is 3.47. The van der Waals surface area contributed by atoms with Gasteiger partial charge in [-0.25, -0.2) is 8.78 Å². The van der Waals surface area contributed by atoms with Gasteiger partial charge in [-0.05, 0) is 26.4 Å². The molecule has 15 heavy (non-hydrogen) atoms. The van der Waals surface area contributed by atoms with Gasteiger partial charge in [-0.2, -0.15) is 0 Å². The first-order valence-electron chi connectivity index (χ1n) is 5.59. The maximum Gasteiger partial charge on any atom is 0.275 e. The monoisotopic (exact) mass is 220 g/mol. The molecule has 0 amide bonds. The van der Waals surface area contributed by atoms with E-state index < -0.39 is 12.0 Å². The number of nitrogens with zero attached hydrogens (tertiary/aromatic N) is 2. The highest BCUT2D eigenvalue weighted by Gasteiger charge is 2.45. The molecule has 0 N–H and O–H groups in total. The Morgan fingerprint density at radius 2 is 2.00 bits per heavy atom. The molecule has 4 heteroatoms. The van der Waals surface area contributed by atoms with Crippen LogP contribution in [0.5, 0.6) is 0 Å². The first-order valence-corrected chi connectivity index (χ1v) is 5.59. The molecule has 0 spiro atoms. The standard InChI is InChI=1S/C11H22F2N2/c1-9(2)7-15-6-5-10(14(3)4)11(12,13)8-15/h9-10H,5-8H2,1-4H3. The average molecular weight is 220 g/mol. The minimum Gasteiger partial charge on any atom is -0.301 e. The van der Waals surface area contributed by atoms with Crippen LogP contribution < -0.4 is 0 Å². The van der Waals surface area contributed by atoms with E-state index in [-0.39, 0.29) is 6.54 Å². The third-order valence-corrected chi connectivity index (χ3v) is 2.89. The van der Waals surface area contributed by atoms with Crippen LogP contribution in [0.1, 0.15) is 20.3 Å². The van der Waals surface area contributed by atoms with Gasteiger partial charge >= 0.3 is 0 Å². The van der Waals surface area contributed by atoms with Crippen LogP contribution in [0.25, 0.3) is 0 Å². The molecule has 0 aromatic heterocycles. The second-order valence-electron chi connectivity index (χ2n) is 5.16. The van der Waals surface area contributed by atoms with Crippen molar-refractivity contribution in [2.75, 3.05) is 33.7 Å².